The molecule has 1 N–H and O–H groups in total. The lowest BCUT2D eigenvalue weighted by Gasteiger charge is -2.17. The number of benzene rings is 1. The second kappa shape index (κ2) is 5.27. The van der Waals surface area contributed by atoms with Crippen molar-refractivity contribution in [2.45, 2.75) is 6.61 Å². The molecule has 0 heterocycles. The van der Waals surface area contributed by atoms with E-state index in [9.17, 15) is 10.1 Å². The monoisotopic (exact) mass is 222 g/mol. The number of aliphatic hydroxyl groups excluding tert-OH is 1. The number of nitrogens with zero attached hydrogens (tertiary/aromatic N) is 2. The minimum Gasteiger partial charge on any atom is -0.392 e. The molecule has 0 unspecified atom stereocenters. The molecule has 0 radical (unpaired) electrons. The summed E-state index contributed by atoms with van der Waals surface area (Å²) in [5.41, 5.74) is 1.04. The quantitative estimate of drug-likeness (QED) is 0.468. The highest BCUT2D eigenvalue weighted by atomic mass is 16.6. The summed E-state index contributed by atoms with van der Waals surface area (Å²) in [4.78, 5) is 12.1. The first-order valence-corrected chi connectivity index (χ1v) is 4.80. The van der Waals surface area contributed by atoms with Crippen molar-refractivity contribution in [2.24, 2.45) is 0 Å². The third kappa shape index (κ3) is 2.58. The van der Waals surface area contributed by atoms with E-state index in [1.807, 2.05) is 0 Å². The molecule has 0 fully saturated rings. The number of nitro groups is 1. The Hall–Kier alpha value is -1.88. The number of anilines is 1. The van der Waals surface area contributed by atoms with Gasteiger partial charge in [-0.2, -0.15) is 0 Å². The van der Waals surface area contributed by atoms with Crippen LogP contribution in [0.4, 0.5) is 11.4 Å². The molecule has 1 aromatic carbocycles. The summed E-state index contributed by atoms with van der Waals surface area (Å²) in [5.74, 6) is 0. The highest BCUT2D eigenvalue weighted by Gasteiger charge is 2.16. The average molecular weight is 222 g/mol. The van der Waals surface area contributed by atoms with Crippen molar-refractivity contribution in [3.63, 3.8) is 0 Å². The molecule has 0 aliphatic heterocycles. The number of nitro benzene ring substituents is 1. The zero-order chi connectivity index (χ0) is 12.1. The second-order valence-corrected chi connectivity index (χ2v) is 3.41. The fourth-order valence-corrected chi connectivity index (χ4v) is 1.43. The van der Waals surface area contributed by atoms with Crippen LogP contribution in [0.15, 0.2) is 30.9 Å². The van der Waals surface area contributed by atoms with Crippen molar-refractivity contribution >= 4 is 11.4 Å². The maximum Gasteiger partial charge on any atom is 0.292 e. The van der Waals surface area contributed by atoms with E-state index in [0.717, 1.165) is 0 Å². The van der Waals surface area contributed by atoms with Gasteiger partial charge in [0.25, 0.3) is 5.69 Å². The third-order valence-corrected chi connectivity index (χ3v) is 2.23. The van der Waals surface area contributed by atoms with Crippen LogP contribution in [-0.2, 0) is 6.61 Å². The molecule has 0 bridgehead atoms. The van der Waals surface area contributed by atoms with Crippen LogP contribution in [0.25, 0.3) is 0 Å². The minimum absolute atomic E-state index is 0.00380. The first-order chi connectivity index (χ1) is 7.60. The van der Waals surface area contributed by atoms with Gasteiger partial charge in [0, 0.05) is 19.7 Å². The van der Waals surface area contributed by atoms with Crippen molar-refractivity contribution < 1.29 is 10.0 Å². The molecule has 0 aliphatic rings. The normalized spacial score (nSPS) is 9.88. The van der Waals surface area contributed by atoms with Gasteiger partial charge in [0.15, 0.2) is 0 Å². The van der Waals surface area contributed by atoms with Crippen LogP contribution in [0.3, 0.4) is 0 Å². The largest absolute Gasteiger partial charge is 0.392 e. The van der Waals surface area contributed by atoms with E-state index in [-0.39, 0.29) is 12.3 Å². The fraction of sp³-hybridized carbons (Fsp3) is 0.273. The number of hydrogen-bond acceptors (Lipinski definition) is 4. The van der Waals surface area contributed by atoms with E-state index in [2.05, 4.69) is 6.58 Å². The predicted molar refractivity (Wildman–Crippen MR) is 62.5 cm³/mol. The fourth-order valence-electron chi connectivity index (χ4n) is 1.43. The lowest BCUT2D eigenvalue weighted by molar-refractivity contribution is -0.384. The van der Waals surface area contributed by atoms with Gasteiger partial charge in [-0.15, -0.1) is 6.58 Å². The van der Waals surface area contributed by atoms with Gasteiger partial charge < -0.3 is 10.0 Å². The molecule has 0 saturated carbocycles. The molecule has 0 aliphatic carbocycles. The third-order valence-electron chi connectivity index (χ3n) is 2.23. The van der Waals surface area contributed by atoms with Crippen molar-refractivity contribution in [3.8, 4) is 0 Å². The minimum atomic E-state index is -0.450. The number of hydrogen-bond donors (Lipinski definition) is 1. The van der Waals surface area contributed by atoms with Gasteiger partial charge in [-0.3, -0.25) is 10.1 Å². The molecule has 5 nitrogen and oxygen atoms in total. The molecule has 16 heavy (non-hydrogen) atoms. The summed E-state index contributed by atoms with van der Waals surface area (Å²) in [6.45, 7) is 3.91. The lowest BCUT2D eigenvalue weighted by Crippen LogP contribution is -2.18. The Kier molecular flexibility index (Phi) is 4.02. The summed E-state index contributed by atoms with van der Waals surface area (Å²) >= 11 is 0. The van der Waals surface area contributed by atoms with Crippen molar-refractivity contribution in [1.29, 1.82) is 0 Å². The van der Waals surface area contributed by atoms with Crippen LogP contribution >= 0.6 is 0 Å². The maximum atomic E-state index is 10.9. The smallest absolute Gasteiger partial charge is 0.292 e. The SMILES string of the molecule is C=CCN(C)c1ccc(CO)cc1[N+](=O)[O-]. The topological polar surface area (TPSA) is 66.6 Å². The number of rotatable bonds is 5. The average Bonchev–Trinajstić information content (AvgIpc) is 2.28. The Morgan fingerprint density at radius 1 is 1.62 bits per heavy atom. The van der Waals surface area contributed by atoms with Gasteiger partial charge in [0.1, 0.15) is 5.69 Å². The standard InChI is InChI=1S/C11H14N2O3/c1-3-6-12(2)10-5-4-9(8-14)7-11(10)13(15)16/h3-5,7,14H,1,6,8H2,2H3. The van der Waals surface area contributed by atoms with Crippen molar-refractivity contribution in [1.82, 2.24) is 0 Å². The molecule has 1 aromatic rings. The number of aliphatic hydroxyl groups is 1. The molecular formula is C11H14N2O3. The molecule has 5 heteroatoms. The maximum absolute atomic E-state index is 10.9. The second-order valence-electron chi connectivity index (χ2n) is 3.41. The molecule has 0 atom stereocenters. The van der Waals surface area contributed by atoms with Crippen LogP contribution in [-0.4, -0.2) is 23.6 Å². The van der Waals surface area contributed by atoms with Crippen LogP contribution < -0.4 is 4.90 Å². The highest BCUT2D eigenvalue weighted by molar-refractivity contribution is 5.64. The molecule has 0 saturated heterocycles. The number of likely N-dealkylation sites (N-methyl/N-ethyl adjacent to an activating group) is 1. The van der Waals surface area contributed by atoms with E-state index >= 15 is 0 Å². The van der Waals surface area contributed by atoms with E-state index in [0.29, 0.717) is 17.8 Å². The molecular weight excluding hydrogens is 208 g/mol. The molecule has 86 valence electrons. The zero-order valence-corrected chi connectivity index (χ0v) is 9.09. The van der Waals surface area contributed by atoms with Crippen LogP contribution in [0, 0.1) is 10.1 Å². The van der Waals surface area contributed by atoms with Gasteiger partial charge >= 0.3 is 0 Å². The Labute approximate surface area is 93.8 Å². The van der Waals surface area contributed by atoms with E-state index in [4.69, 9.17) is 5.11 Å². The van der Waals surface area contributed by atoms with Crippen LogP contribution in [0.2, 0.25) is 0 Å². The van der Waals surface area contributed by atoms with Crippen molar-refractivity contribution in [3.05, 3.63) is 46.5 Å². The Bertz CT molecular complexity index is 404. The van der Waals surface area contributed by atoms with Gasteiger partial charge in [0.2, 0.25) is 0 Å². The van der Waals surface area contributed by atoms with Crippen molar-refractivity contribution in [2.75, 3.05) is 18.5 Å². The summed E-state index contributed by atoms with van der Waals surface area (Å²) in [7, 11) is 1.75. The first kappa shape index (κ1) is 12.2. The van der Waals surface area contributed by atoms with Gasteiger partial charge in [-0.05, 0) is 11.6 Å². The van der Waals surface area contributed by atoms with Crippen LogP contribution in [0.5, 0.6) is 0 Å². The van der Waals surface area contributed by atoms with E-state index in [1.54, 1.807) is 30.2 Å². The van der Waals surface area contributed by atoms with Gasteiger partial charge in [-0.1, -0.05) is 12.1 Å². The Morgan fingerprint density at radius 2 is 2.31 bits per heavy atom. The van der Waals surface area contributed by atoms with Gasteiger partial charge in [-0.25, -0.2) is 0 Å². The predicted octanol–water partition coefficient (Wildman–Crippen LogP) is 1.71. The Balaban J connectivity index is 3.17. The summed E-state index contributed by atoms with van der Waals surface area (Å²) in [6.07, 6.45) is 1.67. The first-order valence-electron chi connectivity index (χ1n) is 4.80. The van der Waals surface area contributed by atoms with E-state index < -0.39 is 4.92 Å². The highest BCUT2D eigenvalue weighted by Crippen LogP contribution is 2.28. The summed E-state index contributed by atoms with van der Waals surface area (Å²) < 4.78 is 0. The van der Waals surface area contributed by atoms with E-state index in [1.165, 1.54) is 6.07 Å². The molecule has 0 spiro atoms. The molecule has 0 aromatic heterocycles. The summed E-state index contributed by atoms with van der Waals surface area (Å²) in [5, 5.41) is 19.8. The summed E-state index contributed by atoms with van der Waals surface area (Å²) in [6, 6.07) is 4.68. The van der Waals surface area contributed by atoms with Gasteiger partial charge in [0.05, 0.1) is 11.5 Å². The molecule has 1 rings (SSSR count). The lowest BCUT2D eigenvalue weighted by atomic mass is 10.1. The zero-order valence-electron chi connectivity index (χ0n) is 9.09. The Morgan fingerprint density at radius 3 is 2.81 bits per heavy atom. The molecule has 0 amide bonds. The van der Waals surface area contributed by atoms with Crippen LogP contribution in [0.1, 0.15) is 5.56 Å².